The van der Waals surface area contributed by atoms with Crippen molar-refractivity contribution in [1.82, 2.24) is 10.2 Å². The lowest BCUT2D eigenvalue weighted by Gasteiger charge is -2.14. The van der Waals surface area contributed by atoms with E-state index in [0.29, 0.717) is 16.9 Å². The molecule has 0 fully saturated rings. The van der Waals surface area contributed by atoms with Gasteiger partial charge in [-0.2, -0.15) is 0 Å². The molecule has 0 bridgehead atoms. The van der Waals surface area contributed by atoms with Gasteiger partial charge in [0.15, 0.2) is 11.6 Å². The number of aromatic nitrogens is 2. The van der Waals surface area contributed by atoms with Crippen molar-refractivity contribution in [2.75, 3.05) is 23.9 Å². The van der Waals surface area contributed by atoms with Crippen LogP contribution in [0.5, 0.6) is 0 Å². The zero-order valence-corrected chi connectivity index (χ0v) is 11.1. The molecule has 0 radical (unpaired) electrons. The molecule has 0 spiro atoms. The molecule has 20 heavy (non-hydrogen) atoms. The van der Waals surface area contributed by atoms with E-state index in [4.69, 9.17) is 0 Å². The highest BCUT2D eigenvalue weighted by molar-refractivity contribution is 6.34. The van der Waals surface area contributed by atoms with Crippen LogP contribution in [0, 0.1) is 0 Å². The minimum Gasteiger partial charge on any atom is -0.361 e. The predicted molar refractivity (Wildman–Crippen MR) is 73.9 cm³/mol. The Labute approximate surface area is 115 Å². The third-order valence-corrected chi connectivity index (χ3v) is 3.12. The SMILES string of the molecule is CN(C)c1ccc(N2C(=O)c3ccccc3C2=O)nn1. The van der Waals surface area contributed by atoms with E-state index < -0.39 is 0 Å². The normalized spacial score (nSPS) is 13.6. The Hall–Kier alpha value is -2.76. The second-order valence-corrected chi connectivity index (χ2v) is 4.64. The van der Waals surface area contributed by atoms with Gasteiger partial charge in [0.2, 0.25) is 0 Å². The Balaban J connectivity index is 2.00. The molecule has 0 N–H and O–H groups in total. The van der Waals surface area contributed by atoms with Crippen LogP contribution in [0.2, 0.25) is 0 Å². The van der Waals surface area contributed by atoms with Gasteiger partial charge in [-0.25, -0.2) is 4.90 Å². The van der Waals surface area contributed by atoms with Crippen LogP contribution in [0.3, 0.4) is 0 Å². The summed E-state index contributed by atoms with van der Waals surface area (Å²) in [6.45, 7) is 0. The molecule has 0 unspecified atom stereocenters. The maximum absolute atomic E-state index is 12.3. The van der Waals surface area contributed by atoms with E-state index in [1.807, 2.05) is 14.1 Å². The average molecular weight is 268 g/mol. The van der Waals surface area contributed by atoms with Crippen molar-refractivity contribution >= 4 is 23.5 Å². The van der Waals surface area contributed by atoms with Crippen molar-refractivity contribution in [2.45, 2.75) is 0 Å². The Morgan fingerprint density at radius 1 is 0.900 bits per heavy atom. The molecule has 6 heteroatoms. The fourth-order valence-corrected chi connectivity index (χ4v) is 2.07. The highest BCUT2D eigenvalue weighted by Crippen LogP contribution is 2.26. The monoisotopic (exact) mass is 268 g/mol. The summed E-state index contributed by atoms with van der Waals surface area (Å²) in [6.07, 6.45) is 0. The summed E-state index contributed by atoms with van der Waals surface area (Å²) in [5.74, 6) is 0.169. The number of fused-ring (bicyclic) bond motifs is 1. The van der Waals surface area contributed by atoms with Crippen molar-refractivity contribution in [3.05, 3.63) is 47.5 Å². The van der Waals surface area contributed by atoms with Gasteiger partial charge in [-0.1, -0.05) is 12.1 Å². The maximum atomic E-state index is 12.3. The molecule has 2 heterocycles. The highest BCUT2D eigenvalue weighted by Gasteiger charge is 2.37. The first kappa shape index (κ1) is 12.3. The van der Waals surface area contributed by atoms with Gasteiger partial charge < -0.3 is 4.90 Å². The number of imide groups is 1. The lowest BCUT2D eigenvalue weighted by Crippen LogP contribution is -2.30. The van der Waals surface area contributed by atoms with E-state index in [0.717, 1.165) is 4.90 Å². The average Bonchev–Trinajstić information content (AvgIpc) is 2.72. The summed E-state index contributed by atoms with van der Waals surface area (Å²) in [7, 11) is 3.68. The number of anilines is 2. The molecular formula is C14H12N4O2. The molecule has 2 amide bonds. The van der Waals surface area contributed by atoms with Gasteiger partial charge in [0.1, 0.15) is 0 Å². The van der Waals surface area contributed by atoms with Gasteiger partial charge in [-0.15, -0.1) is 10.2 Å². The molecule has 0 saturated carbocycles. The molecule has 0 atom stereocenters. The van der Waals surface area contributed by atoms with Gasteiger partial charge in [-0.3, -0.25) is 9.59 Å². The number of benzene rings is 1. The van der Waals surface area contributed by atoms with Crippen molar-refractivity contribution < 1.29 is 9.59 Å². The Kier molecular flexibility index (Phi) is 2.71. The van der Waals surface area contributed by atoms with Gasteiger partial charge in [0.05, 0.1) is 11.1 Å². The zero-order chi connectivity index (χ0) is 14.3. The van der Waals surface area contributed by atoms with Crippen LogP contribution >= 0.6 is 0 Å². The summed E-state index contributed by atoms with van der Waals surface area (Å²) in [5, 5.41) is 7.94. The Morgan fingerprint density at radius 2 is 1.50 bits per heavy atom. The van der Waals surface area contributed by atoms with Crippen LogP contribution in [0.25, 0.3) is 0 Å². The molecule has 6 nitrogen and oxygen atoms in total. The molecule has 100 valence electrons. The lowest BCUT2D eigenvalue weighted by molar-refractivity contribution is 0.0925. The lowest BCUT2D eigenvalue weighted by atomic mass is 10.1. The molecule has 0 aliphatic carbocycles. The third kappa shape index (κ3) is 1.73. The third-order valence-electron chi connectivity index (χ3n) is 3.12. The molecule has 3 rings (SSSR count). The van der Waals surface area contributed by atoms with E-state index in [1.165, 1.54) is 0 Å². The fourth-order valence-electron chi connectivity index (χ4n) is 2.07. The van der Waals surface area contributed by atoms with Crippen LogP contribution in [-0.4, -0.2) is 36.1 Å². The summed E-state index contributed by atoms with van der Waals surface area (Å²) < 4.78 is 0. The summed E-state index contributed by atoms with van der Waals surface area (Å²) in [4.78, 5) is 27.4. The largest absolute Gasteiger partial charge is 0.361 e. The van der Waals surface area contributed by atoms with E-state index >= 15 is 0 Å². The quantitative estimate of drug-likeness (QED) is 0.769. The smallest absolute Gasteiger partial charge is 0.267 e. The van der Waals surface area contributed by atoms with Gasteiger partial charge in [0, 0.05) is 14.1 Å². The zero-order valence-electron chi connectivity index (χ0n) is 11.1. The maximum Gasteiger partial charge on any atom is 0.267 e. The Morgan fingerprint density at radius 3 is 1.95 bits per heavy atom. The first-order valence-corrected chi connectivity index (χ1v) is 6.08. The number of carbonyl (C=O) groups is 2. The van der Waals surface area contributed by atoms with Gasteiger partial charge in [-0.05, 0) is 24.3 Å². The molecule has 1 aliphatic heterocycles. The molecule has 0 saturated heterocycles. The van der Waals surface area contributed by atoms with Crippen LogP contribution in [0.15, 0.2) is 36.4 Å². The van der Waals surface area contributed by atoms with E-state index in [9.17, 15) is 9.59 Å². The van der Waals surface area contributed by atoms with Crippen molar-refractivity contribution in [1.29, 1.82) is 0 Å². The van der Waals surface area contributed by atoms with E-state index in [1.54, 1.807) is 41.3 Å². The second kappa shape index (κ2) is 4.41. The molecule has 1 aliphatic rings. The first-order valence-electron chi connectivity index (χ1n) is 6.08. The second-order valence-electron chi connectivity index (χ2n) is 4.64. The topological polar surface area (TPSA) is 66.4 Å². The number of carbonyl (C=O) groups excluding carboxylic acids is 2. The number of amides is 2. The van der Waals surface area contributed by atoms with Gasteiger partial charge in [0.25, 0.3) is 11.8 Å². The van der Waals surface area contributed by atoms with Crippen molar-refractivity contribution in [2.24, 2.45) is 0 Å². The van der Waals surface area contributed by atoms with Crippen LogP contribution in [0.4, 0.5) is 11.6 Å². The molecule has 1 aromatic heterocycles. The van der Waals surface area contributed by atoms with Crippen molar-refractivity contribution in [3.8, 4) is 0 Å². The van der Waals surface area contributed by atoms with Crippen LogP contribution in [0.1, 0.15) is 20.7 Å². The van der Waals surface area contributed by atoms with E-state index in [-0.39, 0.29) is 17.6 Å². The Bertz CT molecular complexity index is 660. The van der Waals surface area contributed by atoms with Gasteiger partial charge >= 0.3 is 0 Å². The highest BCUT2D eigenvalue weighted by atomic mass is 16.2. The fraction of sp³-hybridized carbons (Fsp3) is 0.143. The van der Waals surface area contributed by atoms with Crippen LogP contribution < -0.4 is 9.80 Å². The standard InChI is InChI=1S/C14H12N4O2/c1-17(2)11-7-8-12(16-15-11)18-13(19)9-5-3-4-6-10(9)14(18)20/h3-8H,1-2H3. The van der Waals surface area contributed by atoms with Crippen molar-refractivity contribution in [3.63, 3.8) is 0 Å². The number of hydrogen-bond donors (Lipinski definition) is 0. The van der Waals surface area contributed by atoms with E-state index in [2.05, 4.69) is 10.2 Å². The first-order chi connectivity index (χ1) is 9.59. The molecule has 1 aromatic carbocycles. The number of hydrogen-bond acceptors (Lipinski definition) is 5. The summed E-state index contributed by atoms with van der Waals surface area (Å²) in [6, 6.07) is 10.1. The number of nitrogens with zero attached hydrogens (tertiary/aromatic N) is 4. The number of rotatable bonds is 2. The molecular weight excluding hydrogens is 256 g/mol. The minimum atomic E-state index is -0.363. The predicted octanol–water partition coefficient (Wildman–Crippen LogP) is 1.34. The minimum absolute atomic E-state index is 0.238. The molecule has 2 aromatic rings. The van der Waals surface area contributed by atoms with Crippen LogP contribution in [-0.2, 0) is 0 Å². The summed E-state index contributed by atoms with van der Waals surface area (Å²) in [5.41, 5.74) is 0.798. The summed E-state index contributed by atoms with van der Waals surface area (Å²) >= 11 is 0.